The highest BCUT2D eigenvalue weighted by atomic mass is 35.5. The molecule has 0 unspecified atom stereocenters. The minimum atomic E-state index is -0.749. The first-order valence-electron chi connectivity index (χ1n) is 14.1. The predicted molar refractivity (Wildman–Crippen MR) is 161 cm³/mol. The lowest BCUT2D eigenvalue weighted by molar-refractivity contribution is -0.133. The van der Waals surface area contributed by atoms with Crippen molar-refractivity contribution >= 4 is 30.1 Å². The van der Waals surface area contributed by atoms with Crippen LogP contribution < -0.4 is 11.1 Å². The van der Waals surface area contributed by atoms with Gasteiger partial charge in [-0.1, -0.05) is 27.7 Å². The van der Waals surface area contributed by atoms with E-state index in [0.717, 1.165) is 24.5 Å². The molecule has 0 aliphatic heterocycles. The maximum atomic E-state index is 14.0. The Morgan fingerprint density at radius 3 is 1.93 bits per heavy atom. The minimum Gasteiger partial charge on any atom is -0.347 e. The third-order valence-corrected chi connectivity index (χ3v) is 6.33. The van der Waals surface area contributed by atoms with E-state index in [-0.39, 0.29) is 43.1 Å². The molecule has 2 rings (SSSR count). The van der Waals surface area contributed by atoms with E-state index in [4.69, 9.17) is 5.73 Å². The summed E-state index contributed by atoms with van der Waals surface area (Å²) in [5.74, 6) is -2.19. The summed E-state index contributed by atoms with van der Waals surface area (Å²) in [6.45, 7) is 13.1. The van der Waals surface area contributed by atoms with Gasteiger partial charge in [0.1, 0.15) is 11.6 Å². The summed E-state index contributed by atoms with van der Waals surface area (Å²) in [6.07, 6.45) is 1.72. The fourth-order valence-electron chi connectivity index (χ4n) is 4.77. The van der Waals surface area contributed by atoms with Crippen LogP contribution in [0.15, 0.2) is 36.4 Å². The van der Waals surface area contributed by atoms with Crippen molar-refractivity contribution < 1.29 is 23.2 Å². The second-order valence-corrected chi connectivity index (χ2v) is 11.0. The summed E-state index contributed by atoms with van der Waals surface area (Å²) in [5, 5.41) is 2.95. The van der Waals surface area contributed by atoms with E-state index in [2.05, 4.69) is 5.32 Å². The Labute approximate surface area is 249 Å². The summed E-state index contributed by atoms with van der Waals surface area (Å²) in [7, 11) is 0. The van der Waals surface area contributed by atoms with Crippen molar-refractivity contribution in [1.29, 1.82) is 0 Å². The summed E-state index contributed by atoms with van der Waals surface area (Å²) >= 11 is 0. The van der Waals surface area contributed by atoms with Crippen LogP contribution in [-0.4, -0.2) is 65.8 Å². The number of carbonyl (C=O) groups is 3. The number of rotatable bonds is 14. The largest absolute Gasteiger partial charge is 0.347 e. The molecule has 41 heavy (non-hydrogen) atoms. The van der Waals surface area contributed by atoms with Gasteiger partial charge >= 0.3 is 0 Å². The third-order valence-electron chi connectivity index (χ3n) is 6.33. The number of amides is 3. The number of benzene rings is 2. The highest BCUT2D eigenvalue weighted by Crippen LogP contribution is 2.16. The molecule has 0 aliphatic carbocycles. The van der Waals surface area contributed by atoms with Gasteiger partial charge < -0.3 is 20.9 Å². The zero-order valence-electron chi connectivity index (χ0n) is 25.0. The Hall–Kier alpha value is -3.04. The van der Waals surface area contributed by atoms with E-state index in [0.29, 0.717) is 36.3 Å². The molecule has 2 atom stereocenters. The Bertz CT molecular complexity index is 1150. The SMILES string of the molecule is CCCN(CCC)C(=O)c1cc(C)cc(C(=O)N[C@@H](Cc2cc(F)cc(F)c2)CN(CC(C)C)C(=O)[C@H](C)N)c1.Cl. The Morgan fingerprint density at radius 1 is 0.854 bits per heavy atom. The van der Waals surface area contributed by atoms with Crippen molar-refractivity contribution in [2.24, 2.45) is 11.7 Å². The molecule has 0 saturated carbocycles. The lowest BCUT2D eigenvalue weighted by Crippen LogP contribution is -2.51. The molecule has 3 amide bonds. The van der Waals surface area contributed by atoms with Crippen LogP contribution in [0.4, 0.5) is 8.78 Å². The highest BCUT2D eigenvalue weighted by Gasteiger charge is 2.25. The molecule has 2 aromatic carbocycles. The van der Waals surface area contributed by atoms with Gasteiger partial charge in [0.05, 0.1) is 12.1 Å². The summed E-state index contributed by atoms with van der Waals surface area (Å²) in [6, 6.07) is 6.80. The number of nitrogens with zero attached hydrogens (tertiary/aromatic N) is 2. The first kappa shape index (κ1) is 36.0. The molecule has 0 saturated heterocycles. The van der Waals surface area contributed by atoms with Crippen LogP contribution in [-0.2, 0) is 11.2 Å². The average Bonchev–Trinajstić information content (AvgIpc) is 2.85. The number of nitrogens with two attached hydrogens (primary N) is 1. The van der Waals surface area contributed by atoms with Crippen molar-refractivity contribution in [1.82, 2.24) is 15.1 Å². The number of aryl methyl sites for hydroxylation is 1. The number of carbonyl (C=O) groups excluding carboxylic acids is 3. The maximum Gasteiger partial charge on any atom is 0.253 e. The van der Waals surface area contributed by atoms with Crippen LogP contribution >= 0.6 is 12.4 Å². The first-order valence-corrected chi connectivity index (χ1v) is 14.1. The maximum absolute atomic E-state index is 14.0. The molecule has 228 valence electrons. The second kappa shape index (κ2) is 17.0. The lowest BCUT2D eigenvalue weighted by Gasteiger charge is -2.31. The fraction of sp³-hybridized carbons (Fsp3) is 0.516. The molecule has 0 fully saturated rings. The second-order valence-electron chi connectivity index (χ2n) is 11.0. The number of hydrogen-bond donors (Lipinski definition) is 2. The molecule has 7 nitrogen and oxygen atoms in total. The molecule has 0 radical (unpaired) electrons. The van der Waals surface area contributed by atoms with Gasteiger partial charge in [-0.25, -0.2) is 8.78 Å². The average molecular weight is 595 g/mol. The zero-order chi connectivity index (χ0) is 30.0. The standard InChI is InChI=1S/C31H44F2N4O3.ClH/c1-7-9-36(10-8-2)31(40)25-12-21(5)11-24(16-25)29(38)35-28(15-23-13-26(32)17-27(33)14-23)19-37(18-20(3)4)30(39)22(6)34;/h11-14,16-17,20,22,28H,7-10,15,18-19,34H2,1-6H3,(H,35,38);1H/t22-,28-;/m0./s1. The van der Waals surface area contributed by atoms with Crippen LogP contribution in [0.2, 0.25) is 0 Å². The van der Waals surface area contributed by atoms with Gasteiger partial charge in [0.25, 0.3) is 11.8 Å². The molecule has 10 heteroatoms. The van der Waals surface area contributed by atoms with Gasteiger partial charge in [-0.3, -0.25) is 14.4 Å². The molecule has 3 N–H and O–H groups in total. The summed E-state index contributed by atoms with van der Waals surface area (Å²) in [5.41, 5.74) is 7.70. The normalized spacial score (nSPS) is 12.3. The van der Waals surface area contributed by atoms with E-state index < -0.39 is 29.6 Å². The molecule has 0 bridgehead atoms. The van der Waals surface area contributed by atoms with Gasteiger partial charge in [0.2, 0.25) is 5.91 Å². The van der Waals surface area contributed by atoms with E-state index >= 15 is 0 Å². The van der Waals surface area contributed by atoms with Gasteiger partial charge in [0.15, 0.2) is 0 Å². The predicted octanol–water partition coefficient (Wildman–Crippen LogP) is 5.13. The summed E-state index contributed by atoms with van der Waals surface area (Å²) in [4.78, 5) is 43.0. The first-order chi connectivity index (χ1) is 18.8. The highest BCUT2D eigenvalue weighted by molar-refractivity contribution is 6.00. The van der Waals surface area contributed by atoms with Crippen LogP contribution in [0, 0.1) is 24.5 Å². The number of hydrogen-bond acceptors (Lipinski definition) is 4. The zero-order valence-corrected chi connectivity index (χ0v) is 25.8. The number of halogens is 3. The number of nitrogens with one attached hydrogen (secondary N) is 1. The monoisotopic (exact) mass is 594 g/mol. The van der Waals surface area contributed by atoms with Crippen molar-refractivity contribution in [3.8, 4) is 0 Å². The smallest absolute Gasteiger partial charge is 0.253 e. The summed E-state index contributed by atoms with van der Waals surface area (Å²) < 4.78 is 27.9. The van der Waals surface area contributed by atoms with Crippen molar-refractivity contribution in [3.63, 3.8) is 0 Å². The van der Waals surface area contributed by atoms with Gasteiger partial charge in [-0.05, 0) is 80.5 Å². The van der Waals surface area contributed by atoms with Crippen LogP contribution in [0.1, 0.15) is 79.3 Å². The Morgan fingerprint density at radius 2 is 1.41 bits per heavy atom. The van der Waals surface area contributed by atoms with Gasteiger partial charge in [-0.2, -0.15) is 0 Å². The van der Waals surface area contributed by atoms with Crippen molar-refractivity contribution in [2.45, 2.75) is 72.9 Å². The van der Waals surface area contributed by atoms with Crippen molar-refractivity contribution in [3.05, 3.63) is 70.3 Å². The molecule has 0 heterocycles. The quantitative estimate of drug-likeness (QED) is 0.317. The van der Waals surface area contributed by atoms with E-state index in [1.54, 1.807) is 34.9 Å². The molecule has 0 aliphatic rings. The van der Waals surface area contributed by atoms with Gasteiger partial charge in [0, 0.05) is 43.4 Å². The Balaban J connectivity index is 0.00000840. The van der Waals surface area contributed by atoms with Crippen LogP contribution in [0.25, 0.3) is 0 Å². The topological polar surface area (TPSA) is 95.7 Å². The minimum absolute atomic E-state index is 0. The van der Waals surface area contributed by atoms with Crippen molar-refractivity contribution in [2.75, 3.05) is 26.2 Å². The molecule has 0 spiro atoms. The van der Waals surface area contributed by atoms with Crippen LogP contribution in [0.5, 0.6) is 0 Å². The third kappa shape index (κ3) is 11.4. The molecule has 2 aromatic rings. The molecule has 0 aromatic heterocycles. The van der Waals surface area contributed by atoms with E-state index in [1.807, 2.05) is 34.6 Å². The fourth-order valence-corrected chi connectivity index (χ4v) is 4.77. The van der Waals surface area contributed by atoms with E-state index in [1.165, 1.54) is 12.1 Å². The van der Waals surface area contributed by atoms with Crippen LogP contribution in [0.3, 0.4) is 0 Å². The molecular formula is C31H45ClF2N4O3. The lowest BCUT2D eigenvalue weighted by atomic mass is 10.0. The molecular weight excluding hydrogens is 550 g/mol. The Kier molecular flexibility index (Phi) is 15.0. The van der Waals surface area contributed by atoms with E-state index in [9.17, 15) is 23.2 Å². The van der Waals surface area contributed by atoms with Gasteiger partial charge in [-0.15, -0.1) is 12.4 Å².